The van der Waals surface area contributed by atoms with Crippen LogP contribution in [0.2, 0.25) is 5.15 Å². The Morgan fingerprint density at radius 3 is 2.42 bits per heavy atom. The Morgan fingerprint density at radius 2 is 2.00 bits per heavy atom. The van der Waals surface area contributed by atoms with Gasteiger partial charge in [0.1, 0.15) is 5.15 Å². The molecule has 6 heteroatoms. The van der Waals surface area contributed by atoms with Crippen LogP contribution in [-0.4, -0.2) is 39.0 Å². The van der Waals surface area contributed by atoms with E-state index >= 15 is 0 Å². The van der Waals surface area contributed by atoms with Crippen molar-refractivity contribution < 1.29 is 14.7 Å². The number of amides is 1. The van der Waals surface area contributed by atoms with Gasteiger partial charge in [-0.3, -0.25) is 9.59 Å². The van der Waals surface area contributed by atoms with Crippen molar-refractivity contribution in [2.75, 3.05) is 6.54 Å². The monoisotopic (exact) mass is 284 g/mol. The first-order valence-electron chi connectivity index (χ1n) is 5.87. The van der Waals surface area contributed by atoms with Gasteiger partial charge in [-0.15, -0.1) is 0 Å². The molecule has 0 spiro atoms. The van der Waals surface area contributed by atoms with E-state index in [4.69, 9.17) is 16.7 Å². The van der Waals surface area contributed by atoms with E-state index in [2.05, 4.69) is 4.98 Å². The second-order valence-electron chi connectivity index (χ2n) is 5.14. The van der Waals surface area contributed by atoms with Gasteiger partial charge in [0.05, 0.1) is 12.0 Å². The van der Waals surface area contributed by atoms with Crippen LogP contribution in [0.25, 0.3) is 0 Å². The van der Waals surface area contributed by atoms with Crippen molar-refractivity contribution >= 4 is 23.5 Å². The molecule has 1 amide bonds. The minimum Gasteiger partial charge on any atom is -0.481 e. The summed E-state index contributed by atoms with van der Waals surface area (Å²) in [4.78, 5) is 28.4. The zero-order valence-electron chi connectivity index (χ0n) is 11.2. The third-order valence-electron chi connectivity index (χ3n) is 2.58. The first-order chi connectivity index (χ1) is 8.71. The summed E-state index contributed by atoms with van der Waals surface area (Å²) in [6.07, 6.45) is 1.30. The molecule has 0 atom stereocenters. The van der Waals surface area contributed by atoms with Crippen molar-refractivity contribution in [3.05, 3.63) is 29.0 Å². The lowest BCUT2D eigenvalue weighted by Crippen LogP contribution is -2.46. The van der Waals surface area contributed by atoms with Crippen LogP contribution in [0, 0.1) is 0 Å². The Hall–Kier alpha value is -1.62. The van der Waals surface area contributed by atoms with Crippen molar-refractivity contribution in [1.29, 1.82) is 0 Å². The van der Waals surface area contributed by atoms with E-state index in [1.807, 2.05) is 20.8 Å². The summed E-state index contributed by atoms with van der Waals surface area (Å²) in [5.41, 5.74) is -0.0728. The Bertz CT molecular complexity index is 466. The van der Waals surface area contributed by atoms with Gasteiger partial charge in [-0.25, -0.2) is 4.98 Å². The molecule has 5 nitrogen and oxygen atoms in total. The normalized spacial score (nSPS) is 11.2. The van der Waals surface area contributed by atoms with Crippen molar-refractivity contribution in [2.45, 2.75) is 32.7 Å². The number of pyridine rings is 1. The Labute approximate surface area is 117 Å². The fourth-order valence-electron chi connectivity index (χ4n) is 1.61. The molecule has 0 radical (unpaired) electrons. The van der Waals surface area contributed by atoms with Gasteiger partial charge >= 0.3 is 5.97 Å². The molecule has 1 heterocycles. The molecule has 0 unspecified atom stereocenters. The summed E-state index contributed by atoms with van der Waals surface area (Å²) in [6.45, 7) is 5.72. The molecule has 1 rings (SSSR count). The van der Waals surface area contributed by atoms with Gasteiger partial charge in [-0.2, -0.15) is 0 Å². The van der Waals surface area contributed by atoms with E-state index in [-0.39, 0.29) is 18.9 Å². The van der Waals surface area contributed by atoms with E-state index in [1.165, 1.54) is 17.2 Å². The second-order valence-corrected chi connectivity index (χ2v) is 5.53. The number of halogens is 1. The molecule has 1 N–H and O–H groups in total. The number of hydrogen-bond donors (Lipinski definition) is 1. The third kappa shape index (κ3) is 4.52. The molecule has 0 aromatic carbocycles. The van der Waals surface area contributed by atoms with E-state index in [1.54, 1.807) is 6.07 Å². The zero-order valence-corrected chi connectivity index (χ0v) is 11.9. The summed E-state index contributed by atoms with van der Waals surface area (Å²) in [5, 5.41) is 9.06. The Balaban J connectivity index is 2.94. The molecule has 1 aromatic rings. The highest BCUT2D eigenvalue weighted by Gasteiger charge is 2.27. The van der Waals surface area contributed by atoms with Crippen molar-refractivity contribution in [3.63, 3.8) is 0 Å². The van der Waals surface area contributed by atoms with Gasteiger partial charge in [-0.05, 0) is 32.9 Å². The van der Waals surface area contributed by atoms with Crippen LogP contribution in [0.5, 0.6) is 0 Å². The van der Waals surface area contributed by atoms with E-state index < -0.39 is 11.5 Å². The highest BCUT2D eigenvalue weighted by molar-refractivity contribution is 6.29. The minimum atomic E-state index is -0.934. The molecular weight excluding hydrogens is 268 g/mol. The van der Waals surface area contributed by atoms with Crippen LogP contribution in [-0.2, 0) is 4.79 Å². The lowest BCUT2D eigenvalue weighted by Gasteiger charge is -2.35. The average molecular weight is 285 g/mol. The summed E-state index contributed by atoms with van der Waals surface area (Å²) in [7, 11) is 0. The van der Waals surface area contributed by atoms with Crippen LogP contribution >= 0.6 is 11.6 Å². The van der Waals surface area contributed by atoms with Crippen LogP contribution in [0.3, 0.4) is 0 Å². The minimum absolute atomic E-state index is 0.0932. The van der Waals surface area contributed by atoms with Gasteiger partial charge in [0.2, 0.25) is 0 Å². The Morgan fingerprint density at radius 1 is 1.37 bits per heavy atom. The van der Waals surface area contributed by atoms with Gasteiger partial charge < -0.3 is 10.0 Å². The van der Waals surface area contributed by atoms with Crippen molar-refractivity contribution in [1.82, 2.24) is 9.88 Å². The number of aromatic nitrogens is 1. The van der Waals surface area contributed by atoms with Gasteiger partial charge in [-0.1, -0.05) is 11.6 Å². The maximum absolute atomic E-state index is 12.4. The highest BCUT2D eigenvalue weighted by Crippen LogP contribution is 2.18. The topological polar surface area (TPSA) is 70.5 Å². The number of hydrogen-bond acceptors (Lipinski definition) is 3. The lowest BCUT2D eigenvalue weighted by atomic mass is 10.0. The van der Waals surface area contributed by atoms with Crippen LogP contribution in [0.4, 0.5) is 0 Å². The van der Waals surface area contributed by atoms with E-state index in [9.17, 15) is 9.59 Å². The van der Waals surface area contributed by atoms with Gasteiger partial charge in [0.15, 0.2) is 0 Å². The SMILES string of the molecule is CC(C)(C)N(CCC(=O)O)C(=O)c1ccc(Cl)nc1. The summed E-state index contributed by atoms with van der Waals surface area (Å²) in [6, 6.07) is 3.12. The third-order valence-corrected chi connectivity index (χ3v) is 2.80. The standard InChI is InChI=1S/C13H17ClN2O3/c1-13(2,3)16(7-6-11(17)18)12(19)9-4-5-10(14)15-8-9/h4-5,8H,6-7H2,1-3H3,(H,17,18). The quantitative estimate of drug-likeness (QED) is 0.862. The predicted molar refractivity (Wildman–Crippen MR) is 72.3 cm³/mol. The molecule has 0 saturated carbocycles. The first kappa shape index (κ1) is 15.4. The molecule has 0 bridgehead atoms. The molecule has 0 aliphatic carbocycles. The fourth-order valence-corrected chi connectivity index (χ4v) is 1.72. The largest absolute Gasteiger partial charge is 0.481 e. The molecule has 0 fully saturated rings. The maximum atomic E-state index is 12.4. The molecule has 0 saturated heterocycles. The summed E-state index contributed by atoms with van der Waals surface area (Å²) in [5.74, 6) is -1.19. The van der Waals surface area contributed by atoms with Crippen LogP contribution in [0.15, 0.2) is 18.3 Å². The number of carboxylic acid groups (broad SMARTS) is 1. The fraction of sp³-hybridized carbons (Fsp3) is 0.462. The second kappa shape index (κ2) is 6.02. The number of nitrogens with zero attached hydrogens (tertiary/aromatic N) is 2. The molecule has 19 heavy (non-hydrogen) atoms. The number of rotatable bonds is 4. The maximum Gasteiger partial charge on any atom is 0.305 e. The van der Waals surface area contributed by atoms with E-state index in [0.29, 0.717) is 10.7 Å². The predicted octanol–water partition coefficient (Wildman–Crippen LogP) is 2.45. The zero-order chi connectivity index (χ0) is 14.6. The van der Waals surface area contributed by atoms with Crippen LogP contribution < -0.4 is 0 Å². The molecule has 0 aliphatic rings. The summed E-state index contributed by atoms with van der Waals surface area (Å²) >= 11 is 5.67. The number of aliphatic carboxylic acids is 1. The highest BCUT2D eigenvalue weighted by atomic mass is 35.5. The summed E-state index contributed by atoms with van der Waals surface area (Å²) < 4.78 is 0. The van der Waals surface area contributed by atoms with E-state index in [0.717, 1.165) is 0 Å². The van der Waals surface area contributed by atoms with Gasteiger partial charge in [0.25, 0.3) is 5.91 Å². The molecular formula is C13H17ClN2O3. The molecule has 104 valence electrons. The number of carboxylic acids is 1. The number of carbonyl (C=O) groups is 2. The van der Waals surface area contributed by atoms with Crippen molar-refractivity contribution in [2.24, 2.45) is 0 Å². The smallest absolute Gasteiger partial charge is 0.305 e. The van der Waals surface area contributed by atoms with Crippen LogP contribution in [0.1, 0.15) is 37.6 Å². The van der Waals surface area contributed by atoms with Crippen molar-refractivity contribution in [3.8, 4) is 0 Å². The van der Waals surface area contributed by atoms with Gasteiger partial charge in [0, 0.05) is 18.3 Å². The average Bonchev–Trinajstić information content (AvgIpc) is 2.27. The first-order valence-corrected chi connectivity index (χ1v) is 6.25. The molecule has 0 aliphatic heterocycles. The number of carbonyl (C=O) groups excluding carboxylic acids is 1. The Kier molecular flexibility index (Phi) is 4.89. The molecule has 1 aromatic heterocycles. The lowest BCUT2D eigenvalue weighted by molar-refractivity contribution is -0.137.